The van der Waals surface area contributed by atoms with Crippen LogP contribution in [-0.4, -0.2) is 60.7 Å². The lowest BCUT2D eigenvalue weighted by Gasteiger charge is -2.22. The first-order chi connectivity index (χ1) is 11.5. The van der Waals surface area contributed by atoms with Crippen molar-refractivity contribution in [1.29, 1.82) is 0 Å². The lowest BCUT2D eigenvalue weighted by atomic mass is 10.2. The number of imidazole rings is 1. The molecule has 0 atom stereocenters. The molecule has 0 N–H and O–H groups in total. The molecular weight excluding hydrogens is 374 g/mol. The molecule has 0 saturated heterocycles. The zero-order valence-corrected chi connectivity index (χ0v) is 16.2. The number of ether oxygens (including phenoxy) is 2. The van der Waals surface area contributed by atoms with E-state index in [-0.39, 0.29) is 5.91 Å². The number of fused-ring (bicyclic) bond motifs is 1. The van der Waals surface area contributed by atoms with E-state index in [1.165, 1.54) is 0 Å². The maximum atomic E-state index is 13.2. The smallest absolute Gasteiger partial charge is 0.272 e. The van der Waals surface area contributed by atoms with Crippen molar-refractivity contribution in [3.05, 3.63) is 33.7 Å². The highest BCUT2D eigenvalue weighted by Crippen LogP contribution is 2.22. The average molecular weight is 398 g/mol. The van der Waals surface area contributed by atoms with Gasteiger partial charge in [-0.1, -0.05) is 6.92 Å². The second-order valence-corrected chi connectivity index (χ2v) is 6.49. The van der Waals surface area contributed by atoms with Crippen LogP contribution in [0, 0.1) is 6.92 Å². The summed E-state index contributed by atoms with van der Waals surface area (Å²) < 4.78 is 13.1. The molecule has 24 heavy (non-hydrogen) atoms. The van der Waals surface area contributed by atoms with E-state index in [0.717, 1.165) is 21.4 Å². The van der Waals surface area contributed by atoms with Gasteiger partial charge in [-0.3, -0.25) is 9.20 Å². The van der Waals surface area contributed by atoms with Gasteiger partial charge in [0.05, 0.1) is 18.9 Å². The Labute approximate surface area is 150 Å². The molecule has 0 radical (unpaired) electrons. The predicted molar refractivity (Wildman–Crippen MR) is 96.7 cm³/mol. The minimum absolute atomic E-state index is 0.0500. The zero-order valence-electron chi connectivity index (χ0n) is 14.6. The lowest BCUT2D eigenvalue weighted by Crippen LogP contribution is -2.37. The summed E-state index contributed by atoms with van der Waals surface area (Å²) in [4.78, 5) is 19.6. The van der Waals surface area contributed by atoms with Crippen molar-refractivity contribution in [1.82, 2.24) is 14.3 Å². The van der Waals surface area contributed by atoms with E-state index in [9.17, 15) is 4.79 Å². The molecule has 0 fully saturated rings. The molecule has 2 aromatic rings. The Morgan fingerprint density at radius 3 is 2.46 bits per heavy atom. The first-order valence-corrected chi connectivity index (χ1v) is 8.77. The number of rotatable bonds is 8. The van der Waals surface area contributed by atoms with Gasteiger partial charge in [0, 0.05) is 38.0 Å². The lowest BCUT2D eigenvalue weighted by molar-refractivity contribution is 0.0619. The van der Waals surface area contributed by atoms with E-state index in [4.69, 9.17) is 9.47 Å². The molecule has 0 bridgehead atoms. The van der Waals surface area contributed by atoms with Crippen LogP contribution in [0.15, 0.2) is 16.7 Å². The summed E-state index contributed by atoms with van der Waals surface area (Å²) in [6.07, 6.45) is 2.59. The van der Waals surface area contributed by atoms with Crippen molar-refractivity contribution in [3.63, 3.8) is 0 Å². The van der Waals surface area contributed by atoms with Gasteiger partial charge in [-0.2, -0.15) is 0 Å². The van der Waals surface area contributed by atoms with E-state index in [1.54, 1.807) is 19.1 Å². The zero-order chi connectivity index (χ0) is 17.7. The molecule has 132 valence electrons. The minimum Gasteiger partial charge on any atom is -0.383 e. The van der Waals surface area contributed by atoms with Crippen molar-refractivity contribution < 1.29 is 14.3 Å². The van der Waals surface area contributed by atoms with Gasteiger partial charge in [0.2, 0.25) is 0 Å². The van der Waals surface area contributed by atoms with E-state index in [0.29, 0.717) is 38.4 Å². The van der Waals surface area contributed by atoms with Gasteiger partial charge in [-0.05, 0) is 40.9 Å². The fraction of sp³-hybridized carbons (Fsp3) is 0.529. The average Bonchev–Trinajstić information content (AvgIpc) is 2.93. The number of aromatic nitrogens is 2. The van der Waals surface area contributed by atoms with Gasteiger partial charge in [-0.25, -0.2) is 4.98 Å². The van der Waals surface area contributed by atoms with E-state index in [2.05, 4.69) is 20.9 Å². The third-order valence-electron chi connectivity index (χ3n) is 3.90. The number of amides is 1. The van der Waals surface area contributed by atoms with Crippen molar-refractivity contribution in [2.75, 3.05) is 40.5 Å². The maximum absolute atomic E-state index is 13.2. The number of hydrogen-bond donors (Lipinski definition) is 0. The maximum Gasteiger partial charge on any atom is 0.272 e. The predicted octanol–water partition coefficient (Wildman–Crippen LogP) is 2.70. The van der Waals surface area contributed by atoms with E-state index >= 15 is 0 Å². The summed E-state index contributed by atoms with van der Waals surface area (Å²) in [7, 11) is 3.26. The standard InChI is InChI=1S/C17H24BrN3O3/c1-5-14-15(17(22)20(6-8-23-3)7-9-24-4)21-11-13(18)10-12(2)16(21)19-14/h10-11H,5-9H2,1-4H3. The van der Waals surface area contributed by atoms with Gasteiger partial charge in [-0.15, -0.1) is 0 Å². The van der Waals surface area contributed by atoms with Crippen LogP contribution in [0.4, 0.5) is 0 Å². The Bertz CT molecular complexity index is 707. The fourth-order valence-electron chi connectivity index (χ4n) is 2.66. The summed E-state index contributed by atoms with van der Waals surface area (Å²) >= 11 is 3.51. The number of methoxy groups -OCH3 is 2. The first kappa shape index (κ1) is 18.9. The number of hydrogen-bond acceptors (Lipinski definition) is 4. The van der Waals surface area contributed by atoms with Crippen LogP contribution in [0.2, 0.25) is 0 Å². The second-order valence-electron chi connectivity index (χ2n) is 5.57. The van der Waals surface area contributed by atoms with Crippen LogP contribution in [-0.2, 0) is 15.9 Å². The summed E-state index contributed by atoms with van der Waals surface area (Å²) in [5.74, 6) is -0.0500. The summed E-state index contributed by atoms with van der Waals surface area (Å²) in [5.41, 5.74) is 3.26. The Morgan fingerprint density at radius 2 is 1.92 bits per heavy atom. The van der Waals surface area contributed by atoms with Crippen LogP contribution in [0.25, 0.3) is 5.65 Å². The topological polar surface area (TPSA) is 56.1 Å². The van der Waals surface area contributed by atoms with Crippen LogP contribution < -0.4 is 0 Å². The Morgan fingerprint density at radius 1 is 1.29 bits per heavy atom. The molecule has 2 aromatic heterocycles. The fourth-order valence-corrected chi connectivity index (χ4v) is 3.20. The molecule has 2 heterocycles. The Kier molecular flexibility index (Phi) is 6.77. The number of pyridine rings is 1. The van der Waals surface area contributed by atoms with Gasteiger partial charge in [0.15, 0.2) is 0 Å². The van der Waals surface area contributed by atoms with Gasteiger partial charge in [0.1, 0.15) is 11.3 Å². The number of carbonyl (C=O) groups excluding carboxylic acids is 1. The molecular formula is C17H24BrN3O3. The summed E-state index contributed by atoms with van der Waals surface area (Å²) in [6, 6.07) is 2.00. The molecule has 0 spiro atoms. The van der Waals surface area contributed by atoms with Crippen LogP contribution in [0.5, 0.6) is 0 Å². The largest absolute Gasteiger partial charge is 0.383 e. The Hall–Kier alpha value is -1.44. The molecule has 0 aliphatic heterocycles. The third kappa shape index (κ3) is 3.96. The van der Waals surface area contributed by atoms with Gasteiger partial charge >= 0.3 is 0 Å². The monoisotopic (exact) mass is 397 g/mol. The molecule has 7 heteroatoms. The number of halogens is 1. The normalized spacial score (nSPS) is 11.2. The molecule has 0 aliphatic carbocycles. The number of nitrogens with zero attached hydrogens (tertiary/aromatic N) is 3. The van der Waals surface area contributed by atoms with Crippen molar-refractivity contribution in [3.8, 4) is 0 Å². The van der Waals surface area contributed by atoms with Crippen molar-refractivity contribution >= 4 is 27.5 Å². The number of aryl methyl sites for hydroxylation is 2. The molecule has 1 amide bonds. The molecule has 0 aromatic carbocycles. The Balaban J connectivity index is 2.49. The molecule has 0 aliphatic rings. The highest BCUT2D eigenvalue weighted by Gasteiger charge is 2.24. The number of carbonyl (C=O) groups is 1. The molecule has 2 rings (SSSR count). The SMILES string of the molecule is CCc1nc2c(C)cc(Br)cn2c1C(=O)N(CCOC)CCOC. The second kappa shape index (κ2) is 8.60. The third-order valence-corrected chi connectivity index (χ3v) is 4.33. The first-order valence-electron chi connectivity index (χ1n) is 7.97. The molecule has 0 unspecified atom stereocenters. The van der Waals surface area contributed by atoms with E-state index in [1.807, 2.05) is 30.5 Å². The summed E-state index contributed by atoms with van der Waals surface area (Å²) in [6.45, 7) is 6.00. The van der Waals surface area contributed by atoms with Crippen LogP contribution in [0.3, 0.4) is 0 Å². The van der Waals surface area contributed by atoms with Gasteiger partial charge in [0.25, 0.3) is 5.91 Å². The highest BCUT2D eigenvalue weighted by atomic mass is 79.9. The minimum atomic E-state index is -0.0500. The quantitative estimate of drug-likeness (QED) is 0.686. The van der Waals surface area contributed by atoms with Crippen LogP contribution in [0.1, 0.15) is 28.7 Å². The molecule has 6 nitrogen and oxygen atoms in total. The van der Waals surface area contributed by atoms with Gasteiger partial charge < -0.3 is 14.4 Å². The molecule has 0 saturated carbocycles. The van der Waals surface area contributed by atoms with Crippen molar-refractivity contribution in [2.45, 2.75) is 20.3 Å². The highest BCUT2D eigenvalue weighted by molar-refractivity contribution is 9.10. The van der Waals surface area contributed by atoms with Crippen LogP contribution >= 0.6 is 15.9 Å². The van der Waals surface area contributed by atoms with Crippen molar-refractivity contribution in [2.24, 2.45) is 0 Å². The van der Waals surface area contributed by atoms with E-state index < -0.39 is 0 Å². The summed E-state index contributed by atoms with van der Waals surface area (Å²) in [5, 5.41) is 0.